The summed E-state index contributed by atoms with van der Waals surface area (Å²) in [4.78, 5) is 5.04. The van der Waals surface area contributed by atoms with Gasteiger partial charge in [-0.3, -0.25) is 4.90 Å². The smallest absolute Gasteiger partial charge is 0.0558 e. The molecule has 3 heteroatoms. The molecular weight excluding hydrogens is 200 g/mol. The lowest BCUT2D eigenvalue weighted by atomic mass is 10.1. The van der Waals surface area contributed by atoms with Crippen molar-refractivity contribution < 1.29 is 5.11 Å². The van der Waals surface area contributed by atoms with Gasteiger partial charge < -0.3 is 10.0 Å². The SMILES string of the molecule is OCCN1CCCN(CC2CCCC2)CC1. The van der Waals surface area contributed by atoms with Crippen LogP contribution in [-0.2, 0) is 0 Å². The normalized spacial score (nSPS) is 26.1. The summed E-state index contributed by atoms with van der Waals surface area (Å²) in [6.07, 6.45) is 7.09. The van der Waals surface area contributed by atoms with Gasteiger partial charge in [0.2, 0.25) is 0 Å². The van der Waals surface area contributed by atoms with Gasteiger partial charge in [0.05, 0.1) is 6.61 Å². The van der Waals surface area contributed by atoms with Crippen molar-refractivity contribution in [3.8, 4) is 0 Å². The zero-order valence-electron chi connectivity index (χ0n) is 10.4. The minimum absolute atomic E-state index is 0.308. The fraction of sp³-hybridized carbons (Fsp3) is 1.00. The molecule has 2 aliphatic rings. The molecule has 1 aliphatic heterocycles. The van der Waals surface area contributed by atoms with Crippen molar-refractivity contribution in [1.82, 2.24) is 9.80 Å². The summed E-state index contributed by atoms with van der Waals surface area (Å²) >= 11 is 0. The number of β-amino-alcohol motifs (C(OH)–C–C–N with tert-alkyl or cyclic N) is 1. The summed E-state index contributed by atoms with van der Waals surface area (Å²) in [5.41, 5.74) is 0. The Bertz CT molecular complexity index is 192. The molecule has 16 heavy (non-hydrogen) atoms. The van der Waals surface area contributed by atoms with E-state index < -0.39 is 0 Å². The largest absolute Gasteiger partial charge is 0.395 e. The third kappa shape index (κ3) is 3.72. The number of hydrogen-bond donors (Lipinski definition) is 1. The van der Waals surface area contributed by atoms with Gasteiger partial charge in [-0.15, -0.1) is 0 Å². The van der Waals surface area contributed by atoms with Crippen molar-refractivity contribution >= 4 is 0 Å². The number of nitrogens with zero attached hydrogens (tertiary/aromatic N) is 2. The molecule has 0 amide bonds. The summed E-state index contributed by atoms with van der Waals surface area (Å²) in [6, 6.07) is 0. The molecule has 2 fully saturated rings. The van der Waals surface area contributed by atoms with E-state index in [9.17, 15) is 0 Å². The van der Waals surface area contributed by atoms with Crippen LogP contribution in [-0.4, -0.2) is 60.8 Å². The Balaban J connectivity index is 1.70. The van der Waals surface area contributed by atoms with E-state index in [1.165, 1.54) is 58.3 Å². The molecule has 1 saturated heterocycles. The topological polar surface area (TPSA) is 26.7 Å². The molecule has 0 atom stereocenters. The molecule has 1 N–H and O–H groups in total. The summed E-state index contributed by atoms with van der Waals surface area (Å²) in [7, 11) is 0. The average molecular weight is 226 g/mol. The monoisotopic (exact) mass is 226 g/mol. The lowest BCUT2D eigenvalue weighted by Gasteiger charge is -2.24. The van der Waals surface area contributed by atoms with Crippen LogP contribution in [0.4, 0.5) is 0 Å². The van der Waals surface area contributed by atoms with Gasteiger partial charge >= 0.3 is 0 Å². The summed E-state index contributed by atoms with van der Waals surface area (Å²) in [5.74, 6) is 0.976. The fourth-order valence-corrected chi connectivity index (χ4v) is 3.13. The minimum Gasteiger partial charge on any atom is -0.395 e. The van der Waals surface area contributed by atoms with Gasteiger partial charge in [0.15, 0.2) is 0 Å². The highest BCUT2D eigenvalue weighted by molar-refractivity contribution is 4.75. The third-order valence-electron chi connectivity index (χ3n) is 4.09. The summed E-state index contributed by atoms with van der Waals surface area (Å²) < 4.78 is 0. The van der Waals surface area contributed by atoms with E-state index in [-0.39, 0.29) is 0 Å². The second kappa shape index (κ2) is 6.58. The van der Waals surface area contributed by atoms with E-state index in [1.807, 2.05) is 0 Å². The first-order chi connectivity index (χ1) is 7.88. The van der Waals surface area contributed by atoms with E-state index in [2.05, 4.69) is 9.80 Å². The molecule has 0 aromatic carbocycles. The zero-order valence-corrected chi connectivity index (χ0v) is 10.4. The maximum atomic E-state index is 8.95. The molecule has 0 unspecified atom stereocenters. The minimum atomic E-state index is 0.308. The van der Waals surface area contributed by atoms with E-state index in [4.69, 9.17) is 5.11 Å². The van der Waals surface area contributed by atoms with Crippen LogP contribution in [0.1, 0.15) is 32.1 Å². The van der Waals surface area contributed by atoms with E-state index in [0.717, 1.165) is 19.0 Å². The van der Waals surface area contributed by atoms with Crippen molar-refractivity contribution in [1.29, 1.82) is 0 Å². The molecule has 0 aromatic heterocycles. The van der Waals surface area contributed by atoms with Crippen molar-refractivity contribution in [2.24, 2.45) is 5.92 Å². The predicted octanol–water partition coefficient (Wildman–Crippen LogP) is 1.18. The second-order valence-electron chi connectivity index (χ2n) is 5.37. The van der Waals surface area contributed by atoms with Crippen LogP contribution >= 0.6 is 0 Å². The first-order valence-corrected chi connectivity index (χ1v) is 6.94. The molecule has 0 bridgehead atoms. The quantitative estimate of drug-likeness (QED) is 0.780. The van der Waals surface area contributed by atoms with Gasteiger partial charge in [0, 0.05) is 26.2 Å². The molecule has 94 valence electrons. The molecule has 2 rings (SSSR count). The lowest BCUT2D eigenvalue weighted by Crippen LogP contribution is -2.34. The van der Waals surface area contributed by atoms with Crippen LogP contribution < -0.4 is 0 Å². The van der Waals surface area contributed by atoms with Crippen LogP contribution in [0.2, 0.25) is 0 Å². The molecule has 1 saturated carbocycles. The molecular formula is C13H26N2O. The van der Waals surface area contributed by atoms with Crippen molar-refractivity contribution in [3.05, 3.63) is 0 Å². The Labute approximate surface area is 99.4 Å². The Morgan fingerprint density at radius 3 is 2.31 bits per heavy atom. The first-order valence-electron chi connectivity index (χ1n) is 6.94. The van der Waals surface area contributed by atoms with Crippen LogP contribution in [0.15, 0.2) is 0 Å². The number of aliphatic hydroxyl groups excluding tert-OH is 1. The van der Waals surface area contributed by atoms with Crippen molar-refractivity contribution in [3.63, 3.8) is 0 Å². The number of rotatable bonds is 4. The van der Waals surface area contributed by atoms with E-state index >= 15 is 0 Å². The lowest BCUT2D eigenvalue weighted by molar-refractivity contribution is 0.192. The highest BCUT2D eigenvalue weighted by Gasteiger charge is 2.20. The Kier molecular flexibility index (Phi) is 5.07. The van der Waals surface area contributed by atoms with Crippen LogP contribution in [0.25, 0.3) is 0 Å². The van der Waals surface area contributed by atoms with Crippen LogP contribution in [0.5, 0.6) is 0 Å². The Morgan fingerprint density at radius 2 is 1.56 bits per heavy atom. The van der Waals surface area contributed by atoms with Gasteiger partial charge in [0.1, 0.15) is 0 Å². The van der Waals surface area contributed by atoms with Gasteiger partial charge in [-0.2, -0.15) is 0 Å². The van der Waals surface area contributed by atoms with Gasteiger partial charge in [0.25, 0.3) is 0 Å². The highest BCUT2D eigenvalue weighted by atomic mass is 16.3. The van der Waals surface area contributed by atoms with Gasteiger partial charge in [-0.25, -0.2) is 0 Å². The molecule has 1 aliphatic carbocycles. The van der Waals surface area contributed by atoms with Crippen molar-refractivity contribution in [2.75, 3.05) is 45.9 Å². The van der Waals surface area contributed by atoms with E-state index in [1.54, 1.807) is 0 Å². The number of aliphatic hydroxyl groups is 1. The van der Waals surface area contributed by atoms with E-state index in [0.29, 0.717) is 6.61 Å². The zero-order chi connectivity index (χ0) is 11.2. The van der Waals surface area contributed by atoms with Crippen molar-refractivity contribution in [2.45, 2.75) is 32.1 Å². The molecule has 0 radical (unpaired) electrons. The molecule has 1 heterocycles. The Morgan fingerprint density at radius 1 is 0.875 bits per heavy atom. The number of hydrogen-bond acceptors (Lipinski definition) is 3. The van der Waals surface area contributed by atoms with Gasteiger partial charge in [-0.05, 0) is 38.3 Å². The highest BCUT2D eigenvalue weighted by Crippen LogP contribution is 2.25. The average Bonchev–Trinajstić information content (AvgIpc) is 2.68. The maximum Gasteiger partial charge on any atom is 0.0558 e. The molecule has 3 nitrogen and oxygen atoms in total. The van der Waals surface area contributed by atoms with Crippen LogP contribution in [0.3, 0.4) is 0 Å². The predicted molar refractivity (Wildman–Crippen MR) is 66.5 cm³/mol. The third-order valence-corrected chi connectivity index (χ3v) is 4.09. The standard InChI is InChI=1S/C13H26N2O/c16-11-10-14-6-3-7-15(9-8-14)12-13-4-1-2-5-13/h13,16H,1-12H2. The Hall–Kier alpha value is -0.120. The second-order valence-corrected chi connectivity index (χ2v) is 5.37. The maximum absolute atomic E-state index is 8.95. The summed E-state index contributed by atoms with van der Waals surface area (Å²) in [6.45, 7) is 7.27. The molecule has 0 aromatic rings. The molecule has 0 spiro atoms. The first kappa shape index (κ1) is 12.3. The summed E-state index contributed by atoms with van der Waals surface area (Å²) in [5, 5.41) is 8.95. The van der Waals surface area contributed by atoms with Gasteiger partial charge in [-0.1, -0.05) is 12.8 Å². The fourth-order valence-electron chi connectivity index (χ4n) is 3.13. The van der Waals surface area contributed by atoms with Crippen LogP contribution in [0, 0.1) is 5.92 Å².